The first-order valence-electron chi connectivity index (χ1n) is 29.6. The van der Waals surface area contributed by atoms with Crippen LogP contribution in [0.4, 0.5) is 0 Å². The van der Waals surface area contributed by atoms with Crippen molar-refractivity contribution in [2.24, 2.45) is 0 Å². The molecule has 0 aliphatic carbocycles. The largest absolute Gasteiger partial charge is 0.472 e. The molecule has 0 bridgehead atoms. The summed E-state index contributed by atoms with van der Waals surface area (Å²) in [5, 5.41) is 13.9. The van der Waals surface area contributed by atoms with Gasteiger partial charge in [-0.15, -0.1) is 0 Å². The van der Waals surface area contributed by atoms with Crippen LogP contribution in [-0.4, -0.2) is 73.4 Å². The van der Waals surface area contributed by atoms with Crippen molar-refractivity contribution in [2.45, 2.75) is 257 Å². The van der Waals surface area contributed by atoms with Crippen LogP contribution in [0.15, 0.2) is 97.2 Å². The van der Waals surface area contributed by atoms with Gasteiger partial charge in [-0.25, -0.2) is 4.57 Å². The monoisotopic (exact) mass is 1030 g/mol. The molecule has 0 saturated carbocycles. The molecule has 9 heteroatoms. The third-order valence-electron chi connectivity index (χ3n) is 12.8. The standard InChI is InChI=1S/C63H113N2O6P/c1-6-8-10-12-14-16-18-20-21-22-23-24-25-26-27-28-29-30-31-32-33-34-35-36-37-38-39-40-41-42-43-45-47-49-51-53-55-57-63(67)64-61(60-71-72(68,69)70-59-58-65(3,4)5)62(66)56-54-52-50-48-46-44-19-17-15-13-11-9-7-2/h8,10,14,16,20-21,23-24,26-27,29-30,32-33,54,56,61-62,66H,6-7,9,11-13,15,17-19,22,25,28,31,34-53,55,57-60H2,1-5H3,(H-,64,67,68,69)/p+1/b10-8-,16-14-,21-20-,24-23-,27-26-,30-29-,33-32-,56-54+. The molecule has 0 aromatic rings. The lowest BCUT2D eigenvalue weighted by molar-refractivity contribution is -0.870. The molecule has 0 aromatic heterocycles. The lowest BCUT2D eigenvalue weighted by atomic mass is 10.0. The highest BCUT2D eigenvalue weighted by Crippen LogP contribution is 2.43. The van der Waals surface area contributed by atoms with Gasteiger partial charge >= 0.3 is 7.82 Å². The summed E-state index contributed by atoms with van der Waals surface area (Å²) in [5.41, 5.74) is 0. The van der Waals surface area contributed by atoms with E-state index in [2.05, 4.69) is 104 Å². The Labute approximate surface area is 445 Å². The van der Waals surface area contributed by atoms with Gasteiger partial charge < -0.3 is 19.8 Å². The van der Waals surface area contributed by atoms with Crippen molar-refractivity contribution >= 4 is 13.7 Å². The van der Waals surface area contributed by atoms with Gasteiger partial charge in [-0.05, 0) is 77.0 Å². The van der Waals surface area contributed by atoms with Crippen molar-refractivity contribution in [3.05, 3.63) is 97.2 Å². The summed E-state index contributed by atoms with van der Waals surface area (Å²) in [6.45, 7) is 4.70. The number of hydrogen-bond acceptors (Lipinski definition) is 5. The van der Waals surface area contributed by atoms with Crippen molar-refractivity contribution in [1.29, 1.82) is 0 Å². The molecule has 0 rings (SSSR count). The number of hydrogen-bond donors (Lipinski definition) is 3. The third-order valence-corrected chi connectivity index (χ3v) is 13.8. The van der Waals surface area contributed by atoms with E-state index in [9.17, 15) is 19.4 Å². The van der Waals surface area contributed by atoms with E-state index in [1.54, 1.807) is 6.08 Å². The molecule has 72 heavy (non-hydrogen) atoms. The summed E-state index contributed by atoms with van der Waals surface area (Å²) in [7, 11) is 1.57. The Hall–Kier alpha value is -2.58. The number of aliphatic hydroxyl groups is 1. The van der Waals surface area contributed by atoms with Crippen LogP contribution >= 0.6 is 7.82 Å². The molecule has 3 atom stereocenters. The Balaban J connectivity index is 4.03. The Bertz CT molecular complexity index is 1490. The number of unbranched alkanes of at least 4 members (excludes halogenated alkanes) is 26. The first kappa shape index (κ1) is 69.4. The fourth-order valence-corrected chi connectivity index (χ4v) is 8.93. The highest BCUT2D eigenvalue weighted by Gasteiger charge is 2.27. The first-order valence-corrected chi connectivity index (χ1v) is 31.1. The number of likely N-dealkylation sites (N-methyl/N-ethyl adjacent to an activating group) is 1. The first-order chi connectivity index (χ1) is 35.0. The second-order valence-corrected chi connectivity index (χ2v) is 22.4. The zero-order chi connectivity index (χ0) is 52.7. The molecule has 3 N–H and O–H groups in total. The minimum absolute atomic E-state index is 0.0589. The number of carbonyl (C=O) groups excluding carboxylic acids is 1. The molecule has 0 aliphatic rings. The number of rotatable bonds is 53. The fraction of sp³-hybridized carbons (Fsp3) is 0.730. The van der Waals surface area contributed by atoms with Gasteiger partial charge in [0.25, 0.3) is 0 Å². The van der Waals surface area contributed by atoms with Gasteiger partial charge in [0.1, 0.15) is 13.2 Å². The van der Waals surface area contributed by atoms with E-state index >= 15 is 0 Å². The molecule has 0 spiro atoms. The van der Waals surface area contributed by atoms with Gasteiger partial charge in [0, 0.05) is 6.42 Å². The van der Waals surface area contributed by atoms with Gasteiger partial charge in [0.05, 0.1) is 39.9 Å². The number of phosphoric acid groups is 1. The molecule has 8 nitrogen and oxygen atoms in total. The number of aliphatic hydroxyl groups excluding tert-OH is 1. The molecule has 0 radical (unpaired) electrons. The van der Waals surface area contributed by atoms with Crippen LogP contribution in [0.2, 0.25) is 0 Å². The van der Waals surface area contributed by atoms with E-state index in [0.717, 1.165) is 83.5 Å². The van der Waals surface area contributed by atoms with Crippen molar-refractivity contribution in [2.75, 3.05) is 40.9 Å². The van der Waals surface area contributed by atoms with Crippen LogP contribution < -0.4 is 5.32 Å². The third kappa shape index (κ3) is 55.2. The molecule has 0 aromatic carbocycles. The Morgan fingerprint density at radius 2 is 0.833 bits per heavy atom. The van der Waals surface area contributed by atoms with Gasteiger partial charge in [-0.1, -0.05) is 259 Å². The topological polar surface area (TPSA) is 105 Å². The molecule has 0 aliphatic heterocycles. The Kier molecular flexibility index (Phi) is 51.3. The second kappa shape index (κ2) is 53.3. The molecule has 0 heterocycles. The zero-order valence-electron chi connectivity index (χ0n) is 47.4. The van der Waals surface area contributed by atoms with E-state index in [4.69, 9.17) is 9.05 Å². The minimum Gasteiger partial charge on any atom is -0.387 e. The van der Waals surface area contributed by atoms with Crippen LogP contribution in [0.5, 0.6) is 0 Å². The van der Waals surface area contributed by atoms with Gasteiger partial charge in [0.2, 0.25) is 5.91 Å². The van der Waals surface area contributed by atoms with Crippen molar-refractivity contribution in [3.63, 3.8) is 0 Å². The summed E-state index contributed by atoms with van der Waals surface area (Å²) < 4.78 is 23.7. The second-order valence-electron chi connectivity index (χ2n) is 21.0. The lowest BCUT2D eigenvalue weighted by Crippen LogP contribution is -2.45. The van der Waals surface area contributed by atoms with E-state index in [-0.39, 0.29) is 19.1 Å². The number of quaternary nitrogens is 1. The summed E-state index contributed by atoms with van der Waals surface area (Å²) >= 11 is 0. The summed E-state index contributed by atoms with van der Waals surface area (Å²) in [6, 6.07) is -0.850. The van der Waals surface area contributed by atoms with Crippen LogP contribution in [0.1, 0.15) is 245 Å². The molecule has 0 fully saturated rings. The van der Waals surface area contributed by atoms with Gasteiger partial charge in [-0.3, -0.25) is 13.8 Å². The summed E-state index contributed by atoms with van der Waals surface area (Å²) in [6.07, 6.45) is 76.6. The highest BCUT2D eigenvalue weighted by atomic mass is 31.2. The quantitative estimate of drug-likeness (QED) is 0.0243. The Morgan fingerprint density at radius 3 is 1.22 bits per heavy atom. The molecule has 416 valence electrons. The van der Waals surface area contributed by atoms with E-state index < -0.39 is 20.0 Å². The molecule has 0 saturated heterocycles. The number of nitrogens with one attached hydrogen (secondary N) is 1. The van der Waals surface area contributed by atoms with E-state index in [1.165, 1.54) is 141 Å². The lowest BCUT2D eigenvalue weighted by Gasteiger charge is -2.25. The van der Waals surface area contributed by atoms with Crippen molar-refractivity contribution in [3.8, 4) is 0 Å². The van der Waals surface area contributed by atoms with E-state index in [1.807, 2.05) is 27.2 Å². The maximum atomic E-state index is 13.0. The molecular weight excluding hydrogens is 912 g/mol. The normalized spacial score (nSPS) is 14.6. The Morgan fingerprint density at radius 1 is 0.486 bits per heavy atom. The average Bonchev–Trinajstić information content (AvgIpc) is 3.34. The number of allylic oxidation sites excluding steroid dienone is 15. The van der Waals surface area contributed by atoms with Gasteiger partial charge in [0.15, 0.2) is 0 Å². The maximum absolute atomic E-state index is 13.0. The van der Waals surface area contributed by atoms with Crippen LogP contribution in [0.25, 0.3) is 0 Å². The van der Waals surface area contributed by atoms with Crippen LogP contribution in [0.3, 0.4) is 0 Å². The van der Waals surface area contributed by atoms with Crippen molar-refractivity contribution in [1.82, 2.24) is 5.32 Å². The number of carbonyl (C=O) groups is 1. The summed E-state index contributed by atoms with van der Waals surface area (Å²) in [5.74, 6) is -0.180. The van der Waals surface area contributed by atoms with Crippen LogP contribution in [0, 0.1) is 0 Å². The zero-order valence-corrected chi connectivity index (χ0v) is 48.3. The fourth-order valence-electron chi connectivity index (χ4n) is 8.20. The van der Waals surface area contributed by atoms with Gasteiger partial charge in [-0.2, -0.15) is 0 Å². The summed E-state index contributed by atoms with van der Waals surface area (Å²) in [4.78, 5) is 23.3. The average molecular weight is 1030 g/mol. The number of nitrogens with zero attached hydrogens (tertiary/aromatic N) is 1. The number of amides is 1. The molecular formula is C63H114N2O6P+. The van der Waals surface area contributed by atoms with E-state index in [0.29, 0.717) is 17.4 Å². The molecule has 1 amide bonds. The predicted molar refractivity (Wildman–Crippen MR) is 313 cm³/mol. The highest BCUT2D eigenvalue weighted by molar-refractivity contribution is 7.47. The molecule has 3 unspecified atom stereocenters. The maximum Gasteiger partial charge on any atom is 0.472 e. The van der Waals surface area contributed by atoms with Crippen molar-refractivity contribution < 1.29 is 32.9 Å². The smallest absolute Gasteiger partial charge is 0.387 e. The SMILES string of the molecule is CC/C=C\C/C=C\C/C=C\C/C=C\C/C=C\C/C=C\C/C=C\CCCCCCCCCCCCCCCCCC(=O)NC(COP(=O)(O)OCC[N+](C)(C)C)C(O)/C=C/CCCCCCCCCCCCC. The predicted octanol–water partition coefficient (Wildman–Crippen LogP) is 18.2. The van der Waals surface area contributed by atoms with Crippen LogP contribution in [-0.2, 0) is 18.4 Å². The minimum atomic E-state index is -4.35. The number of phosphoric ester groups is 1.